The highest BCUT2D eigenvalue weighted by Crippen LogP contribution is 2.25. The highest BCUT2D eigenvalue weighted by Gasteiger charge is 2.13. The predicted molar refractivity (Wildman–Crippen MR) is 68.5 cm³/mol. The molecule has 19 heavy (non-hydrogen) atoms. The van der Waals surface area contributed by atoms with Gasteiger partial charge in [0.15, 0.2) is 5.76 Å². The lowest BCUT2D eigenvalue weighted by molar-refractivity contribution is -0.117. The van der Waals surface area contributed by atoms with E-state index >= 15 is 0 Å². The quantitative estimate of drug-likeness (QED) is 0.717. The van der Waals surface area contributed by atoms with Gasteiger partial charge in [0.05, 0.1) is 0 Å². The summed E-state index contributed by atoms with van der Waals surface area (Å²) in [4.78, 5) is 15.1. The molecular formula is C14H12N2O3. The topological polar surface area (TPSA) is 69.1 Å². The van der Waals surface area contributed by atoms with Gasteiger partial charge in [-0.3, -0.25) is 0 Å². The second kappa shape index (κ2) is 4.68. The number of ketones is 1. The number of aromatic nitrogens is 2. The fourth-order valence-corrected chi connectivity index (χ4v) is 1.83. The number of furan rings is 1. The maximum absolute atomic E-state index is 10.9. The molecule has 0 amide bonds. The summed E-state index contributed by atoms with van der Waals surface area (Å²) in [5, 5.41) is 4.86. The second-order valence-corrected chi connectivity index (χ2v) is 4.36. The van der Waals surface area contributed by atoms with Crippen molar-refractivity contribution in [3.8, 4) is 11.6 Å². The van der Waals surface area contributed by atoms with Crippen molar-refractivity contribution >= 4 is 16.8 Å². The molecule has 2 heterocycles. The molecule has 3 aromatic rings. The summed E-state index contributed by atoms with van der Waals surface area (Å²) in [6, 6.07) is 9.56. The molecule has 0 bridgehead atoms. The molecule has 0 unspecified atom stereocenters. The smallest absolute Gasteiger partial charge is 0.238 e. The van der Waals surface area contributed by atoms with Crippen LogP contribution in [-0.4, -0.2) is 15.9 Å². The average Bonchev–Trinajstić information content (AvgIpc) is 3.02. The Bertz CT molecular complexity index is 694. The van der Waals surface area contributed by atoms with E-state index in [4.69, 9.17) is 8.94 Å². The number of hydrogen-bond donors (Lipinski definition) is 0. The molecule has 96 valence electrons. The van der Waals surface area contributed by atoms with E-state index in [1.807, 2.05) is 30.3 Å². The third kappa shape index (κ3) is 2.40. The first-order chi connectivity index (χ1) is 9.22. The number of carbonyl (C=O) groups excluding carboxylic acids is 1. The third-order valence-corrected chi connectivity index (χ3v) is 2.80. The molecule has 1 aromatic carbocycles. The number of benzene rings is 1. The van der Waals surface area contributed by atoms with Gasteiger partial charge in [-0.05, 0) is 19.1 Å². The Morgan fingerprint density at radius 2 is 2.16 bits per heavy atom. The van der Waals surface area contributed by atoms with Crippen LogP contribution in [0.5, 0.6) is 0 Å². The zero-order valence-corrected chi connectivity index (χ0v) is 10.4. The first-order valence-corrected chi connectivity index (χ1v) is 6.03. The summed E-state index contributed by atoms with van der Waals surface area (Å²) in [6.45, 7) is 1.54. The first-order valence-electron chi connectivity index (χ1n) is 6.03. The van der Waals surface area contributed by atoms with Crippen LogP contribution in [0, 0.1) is 0 Å². The summed E-state index contributed by atoms with van der Waals surface area (Å²) in [7, 11) is 0. The minimum atomic E-state index is 0.100. The van der Waals surface area contributed by atoms with Crippen molar-refractivity contribution < 1.29 is 13.7 Å². The molecule has 0 saturated heterocycles. The Morgan fingerprint density at radius 3 is 2.95 bits per heavy atom. The maximum Gasteiger partial charge on any atom is 0.238 e. The zero-order chi connectivity index (χ0) is 13.2. The molecular weight excluding hydrogens is 244 g/mol. The minimum Gasteiger partial charge on any atom is -0.453 e. The van der Waals surface area contributed by atoms with Crippen LogP contribution >= 0.6 is 0 Å². The highest BCUT2D eigenvalue weighted by molar-refractivity contribution is 5.81. The van der Waals surface area contributed by atoms with Crippen molar-refractivity contribution in [2.45, 2.75) is 19.8 Å². The van der Waals surface area contributed by atoms with E-state index < -0.39 is 0 Å². The van der Waals surface area contributed by atoms with E-state index in [-0.39, 0.29) is 5.78 Å². The molecule has 0 aliphatic heterocycles. The van der Waals surface area contributed by atoms with Gasteiger partial charge < -0.3 is 13.7 Å². The van der Waals surface area contributed by atoms with E-state index in [1.54, 1.807) is 0 Å². The van der Waals surface area contributed by atoms with Crippen LogP contribution in [0.25, 0.3) is 22.6 Å². The average molecular weight is 256 g/mol. The van der Waals surface area contributed by atoms with Crippen LogP contribution < -0.4 is 0 Å². The predicted octanol–water partition coefficient (Wildman–Crippen LogP) is 3.00. The minimum absolute atomic E-state index is 0.100. The lowest BCUT2D eigenvalue weighted by Crippen LogP contribution is -1.93. The molecule has 5 heteroatoms. The number of nitrogens with zero attached hydrogens (tertiary/aromatic N) is 2. The monoisotopic (exact) mass is 256 g/mol. The van der Waals surface area contributed by atoms with Crippen LogP contribution in [0.4, 0.5) is 0 Å². The SMILES string of the molecule is CC(=O)CCc1nc(-c2cc3ccccc3o2)no1. The fourth-order valence-electron chi connectivity index (χ4n) is 1.83. The van der Waals surface area contributed by atoms with Gasteiger partial charge in [0, 0.05) is 18.2 Å². The molecule has 5 nitrogen and oxygen atoms in total. The molecule has 0 aliphatic carbocycles. The molecule has 2 aromatic heterocycles. The summed E-state index contributed by atoms with van der Waals surface area (Å²) in [5.41, 5.74) is 0.785. The summed E-state index contributed by atoms with van der Waals surface area (Å²) in [6.07, 6.45) is 0.865. The lowest BCUT2D eigenvalue weighted by Gasteiger charge is -1.88. The van der Waals surface area contributed by atoms with Gasteiger partial charge in [-0.25, -0.2) is 0 Å². The summed E-state index contributed by atoms with van der Waals surface area (Å²) < 4.78 is 10.7. The number of carbonyl (C=O) groups is 1. The van der Waals surface area contributed by atoms with Gasteiger partial charge in [-0.2, -0.15) is 4.98 Å². The molecule has 0 spiro atoms. The van der Waals surface area contributed by atoms with E-state index in [2.05, 4.69) is 10.1 Å². The third-order valence-electron chi connectivity index (χ3n) is 2.80. The Labute approximate surface area is 109 Å². The first kappa shape index (κ1) is 11.6. The molecule has 3 rings (SSSR count). The van der Waals surface area contributed by atoms with Gasteiger partial charge in [-0.15, -0.1) is 0 Å². The number of hydrogen-bond acceptors (Lipinski definition) is 5. The van der Waals surface area contributed by atoms with Gasteiger partial charge in [0.25, 0.3) is 0 Å². The molecule has 0 radical (unpaired) electrons. The van der Waals surface area contributed by atoms with Crippen molar-refractivity contribution in [2.75, 3.05) is 0 Å². The van der Waals surface area contributed by atoms with Crippen molar-refractivity contribution in [3.63, 3.8) is 0 Å². The number of fused-ring (bicyclic) bond motifs is 1. The van der Waals surface area contributed by atoms with E-state index in [0.717, 1.165) is 11.0 Å². The van der Waals surface area contributed by atoms with Crippen molar-refractivity contribution in [1.29, 1.82) is 0 Å². The van der Waals surface area contributed by atoms with Gasteiger partial charge >= 0.3 is 0 Å². The highest BCUT2D eigenvalue weighted by atomic mass is 16.5. The Morgan fingerprint density at radius 1 is 1.32 bits per heavy atom. The van der Waals surface area contributed by atoms with E-state index in [9.17, 15) is 4.79 Å². The second-order valence-electron chi connectivity index (χ2n) is 4.36. The number of aryl methyl sites for hydroxylation is 1. The van der Waals surface area contributed by atoms with Crippen molar-refractivity contribution in [1.82, 2.24) is 10.1 Å². The maximum atomic E-state index is 10.9. The number of rotatable bonds is 4. The summed E-state index contributed by atoms with van der Waals surface area (Å²) in [5.74, 6) is 1.53. The van der Waals surface area contributed by atoms with Crippen LogP contribution in [0.2, 0.25) is 0 Å². The van der Waals surface area contributed by atoms with Crippen LogP contribution in [-0.2, 0) is 11.2 Å². The number of para-hydroxylation sites is 1. The normalized spacial score (nSPS) is 11.0. The lowest BCUT2D eigenvalue weighted by atomic mass is 10.2. The summed E-state index contributed by atoms with van der Waals surface area (Å²) >= 11 is 0. The van der Waals surface area contributed by atoms with Gasteiger partial charge in [0.2, 0.25) is 11.7 Å². The van der Waals surface area contributed by atoms with E-state index in [0.29, 0.717) is 30.3 Å². The molecule has 0 aliphatic rings. The largest absolute Gasteiger partial charge is 0.453 e. The van der Waals surface area contributed by atoms with Crippen LogP contribution in [0.3, 0.4) is 0 Å². The Hall–Kier alpha value is -2.43. The van der Waals surface area contributed by atoms with E-state index in [1.165, 1.54) is 6.92 Å². The molecule has 0 N–H and O–H groups in total. The molecule has 0 saturated carbocycles. The van der Waals surface area contributed by atoms with Gasteiger partial charge in [0.1, 0.15) is 11.4 Å². The Balaban J connectivity index is 1.87. The standard InChI is InChI=1S/C14H12N2O3/c1-9(17)6-7-13-15-14(16-19-13)12-8-10-4-2-3-5-11(10)18-12/h2-5,8H,6-7H2,1H3. The number of Topliss-reactive ketones (excluding diaryl/α,β-unsaturated/α-hetero) is 1. The molecule has 0 fully saturated rings. The fraction of sp³-hybridized carbons (Fsp3) is 0.214. The van der Waals surface area contributed by atoms with Gasteiger partial charge in [-0.1, -0.05) is 23.4 Å². The van der Waals surface area contributed by atoms with Crippen molar-refractivity contribution in [2.24, 2.45) is 0 Å². The van der Waals surface area contributed by atoms with Crippen LogP contribution in [0.1, 0.15) is 19.2 Å². The Kier molecular flexibility index (Phi) is 2.87. The zero-order valence-electron chi connectivity index (χ0n) is 10.4. The van der Waals surface area contributed by atoms with Crippen LogP contribution in [0.15, 0.2) is 39.3 Å². The molecule has 0 atom stereocenters. The van der Waals surface area contributed by atoms with Crippen molar-refractivity contribution in [3.05, 3.63) is 36.2 Å².